The number of hydrazone groups is 1. The van der Waals surface area contributed by atoms with E-state index in [-0.39, 0.29) is 5.97 Å². The fraction of sp³-hybridized carbons (Fsp3) is 0.0952. The molecule has 0 atom stereocenters. The molecule has 3 rings (SSSR count). The van der Waals surface area contributed by atoms with E-state index in [1.807, 2.05) is 55.5 Å². The highest BCUT2D eigenvalue weighted by Gasteiger charge is 2.12. The number of nitrogens with zero attached hydrogens (tertiary/aromatic N) is 1. The van der Waals surface area contributed by atoms with Crippen molar-refractivity contribution in [2.24, 2.45) is 5.10 Å². The van der Waals surface area contributed by atoms with Crippen LogP contribution in [-0.2, 0) is 0 Å². The molecule has 6 heteroatoms. The summed E-state index contributed by atoms with van der Waals surface area (Å²) in [6, 6.07) is 20.4. The number of carbonyl (C=O) groups is 1. The van der Waals surface area contributed by atoms with Crippen molar-refractivity contribution in [2.75, 3.05) is 6.54 Å². The fourth-order valence-electron chi connectivity index (χ4n) is 2.55. The number of hydrogen-bond donors (Lipinski definition) is 2. The van der Waals surface area contributed by atoms with Gasteiger partial charge in [-0.2, -0.15) is 5.10 Å². The Bertz CT molecular complexity index is 979. The second-order valence-corrected chi connectivity index (χ2v) is 6.12. The Kier molecular flexibility index (Phi) is 6.12. The smallest absolute Gasteiger partial charge is 0.344 e. The second kappa shape index (κ2) is 8.91. The molecule has 3 aromatic carbocycles. The maximum atomic E-state index is 12.5. The van der Waals surface area contributed by atoms with Crippen molar-refractivity contribution in [1.82, 2.24) is 10.7 Å². The molecule has 0 aromatic heterocycles. The molecule has 0 saturated heterocycles. The predicted molar refractivity (Wildman–Crippen MR) is 112 cm³/mol. The van der Waals surface area contributed by atoms with E-state index in [0.717, 1.165) is 22.9 Å². The van der Waals surface area contributed by atoms with Crippen LogP contribution in [0.15, 0.2) is 71.8 Å². The minimum absolute atomic E-state index is 0.383. The van der Waals surface area contributed by atoms with Gasteiger partial charge in [-0.05, 0) is 65.8 Å². The lowest BCUT2D eigenvalue weighted by Gasteiger charge is -2.07. The van der Waals surface area contributed by atoms with Gasteiger partial charge in [0.2, 0.25) is 0 Å². The standard InChI is InChI=1S/C21H19N3O2S/c1-2-22-21(27)24-23-14-15-10-12-17(13-11-15)26-20(25)19-9-5-7-16-6-3-4-8-18(16)19/h3-14H,2H2,1H3,(H2,22,24,27)/b23-14-. The van der Waals surface area contributed by atoms with Gasteiger partial charge >= 0.3 is 5.97 Å². The van der Waals surface area contributed by atoms with Crippen molar-refractivity contribution >= 4 is 40.3 Å². The van der Waals surface area contributed by atoms with Gasteiger partial charge in [-0.3, -0.25) is 5.43 Å². The van der Waals surface area contributed by atoms with Gasteiger partial charge in [0.25, 0.3) is 0 Å². The van der Waals surface area contributed by atoms with E-state index in [1.54, 1.807) is 24.4 Å². The molecular formula is C21H19N3O2S. The lowest BCUT2D eigenvalue weighted by Crippen LogP contribution is -2.31. The summed E-state index contributed by atoms with van der Waals surface area (Å²) in [5.74, 6) is 0.0899. The Balaban J connectivity index is 1.66. The molecule has 0 unspecified atom stereocenters. The average Bonchev–Trinajstić information content (AvgIpc) is 2.69. The van der Waals surface area contributed by atoms with Gasteiger partial charge in [-0.1, -0.05) is 36.4 Å². The van der Waals surface area contributed by atoms with Crippen molar-refractivity contribution in [3.05, 3.63) is 77.9 Å². The van der Waals surface area contributed by atoms with Crippen molar-refractivity contribution in [3.63, 3.8) is 0 Å². The Morgan fingerprint density at radius 1 is 1.07 bits per heavy atom. The maximum Gasteiger partial charge on any atom is 0.344 e. The van der Waals surface area contributed by atoms with Gasteiger partial charge in [0, 0.05) is 6.54 Å². The molecule has 0 aliphatic heterocycles. The molecule has 0 saturated carbocycles. The third-order valence-electron chi connectivity index (χ3n) is 3.82. The van der Waals surface area contributed by atoms with Gasteiger partial charge in [0.05, 0.1) is 11.8 Å². The molecule has 3 aromatic rings. The zero-order chi connectivity index (χ0) is 19.1. The average molecular weight is 377 g/mol. The van der Waals surface area contributed by atoms with Crippen molar-refractivity contribution in [3.8, 4) is 5.75 Å². The van der Waals surface area contributed by atoms with Crippen molar-refractivity contribution < 1.29 is 9.53 Å². The van der Waals surface area contributed by atoms with Crippen LogP contribution in [0.3, 0.4) is 0 Å². The van der Waals surface area contributed by atoms with Crippen LogP contribution in [0.25, 0.3) is 10.8 Å². The van der Waals surface area contributed by atoms with Crippen LogP contribution in [0.4, 0.5) is 0 Å². The van der Waals surface area contributed by atoms with E-state index in [2.05, 4.69) is 15.8 Å². The Labute approximate surface area is 163 Å². The van der Waals surface area contributed by atoms with Gasteiger partial charge in [-0.25, -0.2) is 4.79 Å². The molecule has 0 spiro atoms. The number of rotatable bonds is 5. The van der Waals surface area contributed by atoms with Crippen LogP contribution in [0, 0.1) is 0 Å². The molecule has 136 valence electrons. The summed E-state index contributed by atoms with van der Waals surface area (Å²) in [5, 5.41) is 9.33. The van der Waals surface area contributed by atoms with Crippen molar-refractivity contribution in [1.29, 1.82) is 0 Å². The first kappa shape index (κ1) is 18.5. The number of benzene rings is 3. The first-order valence-corrected chi connectivity index (χ1v) is 8.95. The monoisotopic (exact) mass is 377 g/mol. The zero-order valence-corrected chi connectivity index (χ0v) is 15.6. The maximum absolute atomic E-state index is 12.5. The highest BCUT2D eigenvalue weighted by molar-refractivity contribution is 7.80. The largest absolute Gasteiger partial charge is 0.423 e. The molecule has 0 amide bonds. The number of nitrogens with one attached hydrogen (secondary N) is 2. The van der Waals surface area contributed by atoms with Gasteiger partial charge < -0.3 is 10.1 Å². The summed E-state index contributed by atoms with van der Waals surface area (Å²) in [4.78, 5) is 12.5. The minimum atomic E-state index is -0.383. The third-order valence-corrected chi connectivity index (χ3v) is 4.05. The SMILES string of the molecule is CCNC(=S)N/N=C\c1ccc(OC(=O)c2cccc3ccccc23)cc1. The molecule has 0 radical (unpaired) electrons. The first-order valence-electron chi connectivity index (χ1n) is 8.54. The fourth-order valence-corrected chi connectivity index (χ4v) is 2.75. The number of hydrogen-bond acceptors (Lipinski definition) is 4. The van der Waals surface area contributed by atoms with Gasteiger partial charge in [0.1, 0.15) is 5.75 Å². The molecule has 27 heavy (non-hydrogen) atoms. The van der Waals surface area contributed by atoms with E-state index in [9.17, 15) is 4.79 Å². The second-order valence-electron chi connectivity index (χ2n) is 5.71. The molecule has 5 nitrogen and oxygen atoms in total. The van der Waals surface area contributed by atoms with Gasteiger partial charge in [-0.15, -0.1) is 0 Å². The highest BCUT2D eigenvalue weighted by atomic mass is 32.1. The molecule has 0 aliphatic carbocycles. The van der Waals surface area contributed by atoms with Crippen LogP contribution in [0.1, 0.15) is 22.8 Å². The number of esters is 1. The minimum Gasteiger partial charge on any atom is -0.423 e. The normalized spacial score (nSPS) is 10.7. The Morgan fingerprint density at radius 2 is 1.81 bits per heavy atom. The van der Waals surface area contributed by atoms with Crippen LogP contribution < -0.4 is 15.5 Å². The molecule has 0 bridgehead atoms. The van der Waals surface area contributed by atoms with Crippen molar-refractivity contribution in [2.45, 2.75) is 6.92 Å². The molecule has 0 aliphatic rings. The third kappa shape index (κ3) is 4.89. The first-order chi connectivity index (χ1) is 13.2. The van der Waals surface area contributed by atoms with E-state index in [0.29, 0.717) is 16.4 Å². The van der Waals surface area contributed by atoms with Crippen LogP contribution in [-0.4, -0.2) is 23.8 Å². The van der Waals surface area contributed by atoms with E-state index >= 15 is 0 Å². The molecule has 2 N–H and O–H groups in total. The highest BCUT2D eigenvalue weighted by Crippen LogP contribution is 2.21. The lowest BCUT2D eigenvalue weighted by atomic mass is 10.0. The van der Waals surface area contributed by atoms with Crippen LogP contribution in [0.2, 0.25) is 0 Å². The quantitative estimate of drug-likeness (QED) is 0.232. The van der Waals surface area contributed by atoms with E-state index in [4.69, 9.17) is 17.0 Å². The topological polar surface area (TPSA) is 62.7 Å². The Morgan fingerprint density at radius 3 is 2.59 bits per heavy atom. The number of carbonyl (C=O) groups excluding carboxylic acids is 1. The van der Waals surface area contributed by atoms with Crippen LogP contribution in [0.5, 0.6) is 5.75 Å². The number of fused-ring (bicyclic) bond motifs is 1. The molecular weight excluding hydrogens is 358 g/mol. The predicted octanol–water partition coefficient (Wildman–Crippen LogP) is 3.88. The summed E-state index contributed by atoms with van der Waals surface area (Å²) >= 11 is 5.02. The summed E-state index contributed by atoms with van der Waals surface area (Å²) in [7, 11) is 0. The summed E-state index contributed by atoms with van der Waals surface area (Å²) < 4.78 is 5.51. The Hall–Kier alpha value is -3.25. The summed E-state index contributed by atoms with van der Waals surface area (Å²) in [6.07, 6.45) is 1.64. The molecule has 0 heterocycles. The lowest BCUT2D eigenvalue weighted by molar-refractivity contribution is 0.0737. The number of ether oxygens (including phenoxy) is 1. The zero-order valence-electron chi connectivity index (χ0n) is 14.8. The van der Waals surface area contributed by atoms with Crippen LogP contribution >= 0.6 is 12.2 Å². The van der Waals surface area contributed by atoms with E-state index in [1.165, 1.54) is 0 Å². The van der Waals surface area contributed by atoms with E-state index < -0.39 is 0 Å². The number of thiocarbonyl (C=S) groups is 1. The summed E-state index contributed by atoms with van der Waals surface area (Å²) in [5.41, 5.74) is 4.12. The van der Waals surface area contributed by atoms with Gasteiger partial charge in [0.15, 0.2) is 5.11 Å². The molecule has 0 fully saturated rings. The summed E-state index contributed by atoms with van der Waals surface area (Å²) in [6.45, 7) is 2.69.